The van der Waals surface area contributed by atoms with Crippen LogP contribution in [0.4, 0.5) is 0 Å². The Morgan fingerprint density at radius 1 is 1.19 bits per heavy atom. The molecule has 2 heterocycles. The van der Waals surface area contributed by atoms with Crippen molar-refractivity contribution < 1.29 is 28.2 Å². The Bertz CT molecular complexity index is 1010. The summed E-state index contributed by atoms with van der Waals surface area (Å²) in [6, 6.07) is 9.95. The Hall–Kier alpha value is -2.06. The van der Waals surface area contributed by atoms with Crippen molar-refractivity contribution >= 4 is 20.6 Å². The Morgan fingerprint density at radius 3 is 2.49 bits per heavy atom. The van der Waals surface area contributed by atoms with Crippen molar-refractivity contribution in [2.75, 3.05) is 0 Å². The van der Waals surface area contributed by atoms with Gasteiger partial charge in [0.15, 0.2) is 14.6 Å². The molecule has 2 aliphatic heterocycles. The van der Waals surface area contributed by atoms with Gasteiger partial charge in [0.05, 0.1) is 18.1 Å². The van der Waals surface area contributed by atoms with Crippen LogP contribution in [0.3, 0.4) is 0 Å². The Kier molecular flexibility index (Phi) is 9.38. The fourth-order valence-corrected chi connectivity index (χ4v) is 5.95. The van der Waals surface area contributed by atoms with Crippen molar-refractivity contribution in [2.45, 2.75) is 109 Å². The summed E-state index contributed by atoms with van der Waals surface area (Å²) < 4.78 is 25.7. The van der Waals surface area contributed by atoms with Crippen LogP contribution in [0.5, 0.6) is 0 Å². The predicted octanol–water partition coefficient (Wildman–Crippen LogP) is 7.03. The van der Waals surface area contributed by atoms with Gasteiger partial charge in [-0.2, -0.15) is 0 Å². The molecule has 7 heteroatoms. The number of carbonyl (C=O) groups is 2. The summed E-state index contributed by atoms with van der Waals surface area (Å²) >= 11 is 0. The number of esters is 1. The van der Waals surface area contributed by atoms with Crippen LogP contribution in [0.15, 0.2) is 53.8 Å². The van der Waals surface area contributed by atoms with Crippen LogP contribution in [-0.4, -0.2) is 38.4 Å². The molecular formula is C30H44O6Si. The number of fused-ring (bicyclic) bond motifs is 1. The number of allylic oxidation sites excluding steroid dienone is 2. The lowest BCUT2D eigenvalue weighted by Gasteiger charge is -2.40. The third-order valence-electron chi connectivity index (χ3n) is 7.97. The van der Waals surface area contributed by atoms with E-state index in [9.17, 15) is 9.59 Å². The zero-order valence-electron chi connectivity index (χ0n) is 23.7. The van der Waals surface area contributed by atoms with E-state index in [4.69, 9.17) is 18.6 Å². The number of carbonyl (C=O) groups excluding carboxylic acids is 2. The molecule has 0 saturated carbocycles. The summed E-state index contributed by atoms with van der Waals surface area (Å²) in [6.07, 6.45) is 5.41. The second-order valence-electron chi connectivity index (χ2n) is 12.1. The zero-order valence-corrected chi connectivity index (χ0v) is 24.7. The van der Waals surface area contributed by atoms with Gasteiger partial charge in [-0.15, -0.1) is 0 Å². The van der Waals surface area contributed by atoms with E-state index < -0.39 is 20.2 Å². The first-order valence-corrected chi connectivity index (χ1v) is 16.2. The first-order valence-electron chi connectivity index (χ1n) is 13.3. The van der Waals surface area contributed by atoms with Gasteiger partial charge in [-0.1, -0.05) is 70.2 Å². The minimum absolute atomic E-state index is 0.00126. The van der Waals surface area contributed by atoms with Gasteiger partial charge in [-0.3, -0.25) is 4.79 Å². The zero-order chi connectivity index (χ0) is 27.4. The van der Waals surface area contributed by atoms with Crippen molar-refractivity contribution in [3.8, 4) is 0 Å². The minimum Gasteiger partial charge on any atom is -0.430 e. The summed E-state index contributed by atoms with van der Waals surface area (Å²) in [6.45, 7) is 16.9. The molecule has 204 valence electrons. The average Bonchev–Trinajstić information content (AvgIpc) is 3.15. The molecule has 1 fully saturated rings. The maximum atomic E-state index is 13.2. The van der Waals surface area contributed by atoms with Crippen molar-refractivity contribution in [3.63, 3.8) is 0 Å². The van der Waals surface area contributed by atoms with E-state index >= 15 is 0 Å². The molecule has 1 aromatic carbocycles. The number of hydrogen-bond donors (Lipinski definition) is 0. The number of hydrogen-bond acceptors (Lipinski definition) is 6. The van der Waals surface area contributed by atoms with Gasteiger partial charge in [0.25, 0.3) is 0 Å². The van der Waals surface area contributed by atoms with Crippen molar-refractivity contribution in [1.82, 2.24) is 0 Å². The van der Waals surface area contributed by atoms with Crippen LogP contribution in [0.1, 0.15) is 79.1 Å². The lowest BCUT2D eigenvalue weighted by molar-refractivity contribution is -0.142. The SMILES string of the molecule is CC(CC=O)=C1OC(=O)C[C@H](O[Si](C)(C)C(C)(C)C)CC[C@@]2(C)OC(c3ccccc3)O[C@H]2C=C[C@@H]1C. The van der Waals surface area contributed by atoms with Gasteiger partial charge in [0.2, 0.25) is 0 Å². The van der Waals surface area contributed by atoms with Gasteiger partial charge in [0, 0.05) is 17.9 Å². The highest BCUT2D eigenvalue weighted by Crippen LogP contribution is 2.44. The lowest BCUT2D eigenvalue weighted by Crippen LogP contribution is -2.45. The van der Waals surface area contributed by atoms with Gasteiger partial charge >= 0.3 is 5.97 Å². The molecule has 0 spiro atoms. The van der Waals surface area contributed by atoms with Crippen LogP contribution < -0.4 is 0 Å². The number of ether oxygens (including phenoxy) is 3. The van der Waals surface area contributed by atoms with E-state index in [-0.39, 0.29) is 42.0 Å². The molecule has 1 aromatic rings. The molecule has 6 nitrogen and oxygen atoms in total. The van der Waals surface area contributed by atoms with E-state index in [0.717, 1.165) is 17.4 Å². The molecule has 2 aliphatic rings. The third-order valence-corrected chi connectivity index (χ3v) is 12.5. The second-order valence-corrected chi connectivity index (χ2v) is 16.9. The molecular weight excluding hydrogens is 484 g/mol. The Balaban J connectivity index is 1.99. The smallest absolute Gasteiger partial charge is 0.313 e. The highest BCUT2D eigenvalue weighted by Gasteiger charge is 2.47. The fourth-order valence-electron chi connectivity index (χ4n) is 4.57. The number of cyclic esters (lactones) is 1. The molecule has 0 amide bonds. The van der Waals surface area contributed by atoms with Crippen LogP contribution in [0.25, 0.3) is 0 Å². The van der Waals surface area contributed by atoms with E-state index in [0.29, 0.717) is 18.6 Å². The molecule has 1 unspecified atom stereocenters. The number of benzene rings is 1. The van der Waals surface area contributed by atoms with Crippen LogP contribution >= 0.6 is 0 Å². The standard InChI is InChI=1S/C30H44O6Si/c1-21-14-15-25-30(6,35-28(33-25)23-12-10-9-11-13-23)18-16-24(36-37(7,8)29(3,4)5)20-26(32)34-27(21)22(2)17-19-31/h9-15,19,21,24-25,28H,16-18,20H2,1-8H3/t21-,24+,25-,28?,30+/m0/s1. The summed E-state index contributed by atoms with van der Waals surface area (Å²) in [4.78, 5) is 24.4. The predicted molar refractivity (Wildman–Crippen MR) is 147 cm³/mol. The van der Waals surface area contributed by atoms with Crippen LogP contribution in [0, 0.1) is 5.92 Å². The van der Waals surface area contributed by atoms with Crippen LogP contribution in [0.2, 0.25) is 18.1 Å². The highest BCUT2D eigenvalue weighted by atomic mass is 28.4. The number of aldehydes is 1. The molecule has 5 atom stereocenters. The van der Waals surface area contributed by atoms with Gasteiger partial charge < -0.3 is 23.4 Å². The largest absolute Gasteiger partial charge is 0.430 e. The van der Waals surface area contributed by atoms with E-state index in [2.05, 4.69) is 40.8 Å². The summed E-state index contributed by atoms with van der Waals surface area (Å²) in [5.74, 6) is -0.0378. The van der Waals surface area contributed by atoms with E-state index in [1.807, 2.05) is 56.3 Å². The number of rotatable bonds is 5. The third kappa shape index (κ3) is 7.28. The summed E-state index contributed by atoms with van der Waals surface area (Å²) in [7, 11) is -2.15. The van der Waals surface area contributed by atoms with Crippen molar-refractivity contribution in [3.05, 3.63) is 59.4 Å². The first-order chi connectivity index (χ1) is 17.3. The van der Waals surface area contributed by atoms with Gasteiger partial charge in [-0.05, 0) is 50.4 Å². The van der Waals surface area contributed by atoms with Gasteiger partial charge in [0.1, 0.15) is 18.1 Å². The second kappa shape index (κ2) is 11.8. The minimum atomic E-state index is -2.15. The normalized spacial score (nSPS) is 31.1. The molecule has 1 saturated heterocycles. The van der Waals surface area contributed by atoms with E-state index in [1.165, 1.54) is 0 Å². The molecule has 3 rings (SSSR count). The molecule has 37 heavy (non-hydrogen) atoms. The Morgan fingerprint density at radius 2 is 1.86 bits per heavy atom. The molecule has 0 radical (unpaired) electrons. The topological polar surface area (TPSA) is 71.1 Å². The van der Waals surface area contributed by atoms with E-state index in [1.54, 1.807) is 0 Å². The fraction of sp³-hybridized carbons (Fsp3) is 0.600. The van der Waals surface area contributed by atoms with Crippen molar-refractivity contribution in [2.24, 2.45) is 5.92 Å². The molecule has 0 aromatic heterocycles. The summed E-state index contributed by atoms with van der Waals surface area (Å²) in [5, 5.41) is 0.00126. The first kappa shape index (κ1) is 29.5. The maximum absolute atomic E-state index is 13.2. The average molecular weight is 529 g/mol. The molecule has 0 aliphatic carbocycles. The maximum Gasteiger partial charge on any atom is 0.313 e. The molecule has 0 bridgehead atoms. The lowest BCUT2D eigenvalue weighted by atomic mass is 9.90. The van der Waals surface area contributed by atoms with Crippen LogP contribution in [-0.2, 0) is 28.2 Å². The summed E-state index contributed by atoms with van der Waals surface area (Å²) in [5.41, 5.74) is 1.11. The monoisotopic (exact) mass is 528 g/mol. The highest BCUT2D eigenvalue weighted by molar-refractivity contribution is 6.74. The van der Waals surface area contributed by atoms with Crippen molar-refractivity contribution in [1.29, 1.82) is 0 Å². The Labute approximate surface area is 223 Å². The quantitative estimate of drug-likeness (QED) is 0.177. The van der Waals surface area contributed by atoms with Gasteiger partial charge in [-0.25, -0.2) is 0 Å². The molecule has 0 N–H and O–H groups in total.